The molecule has 2 rings (SSSR count). The number of hydrogen-bond donors (Lipinski definition) is 2. The van der Waals surface area contributed by atoms with Crippen molar-refractivity contribution >= 4 is 5.91 Å². The van der Waals surface area contributed by atoms with E-state index in [0.29, 0.717) is 12.8 Å². The van der Waals surface area contributed by atoms with Crippen molar-refractivity contribution in [3.8, 4) is 0 Å². The molecule has 0 spiro atoms. The lowest BCUT2D eigenvalue weighted by Gasteiger charge is -2.12. The second-order valence-corrected chi connectivity index (χ2v) is 5.53. The first kappa shape index (κ1) is 16.2. The Morgan fingerprint density at radius 2 is 1.95 bits per heavy atom. The highest BCUT2D eigenvalue weighted by Crippen LogP contribution is 2.15. The smallest absolute Gasteiger partial charge is 0.220 e. The maximum absolute atomic E-state index is 11.9. The minimum atomic E-state index is -0.691. The van der Waals surface area contributed by atoms with Crippen LogP contribution in [0.3, 0.4) is 0 Å². The van der Waals surface area contributed by atoms with Crippen molar-refractivity contribution in [3.63, 3.8) is 0 Å². The van der Waals surface area contributed by atoms with E-state index in [1.807, 2.05) is 45.0 Å². The fraction of sp³-hybridized carbons (Fsp3) is 0.412. The first-order valence-corrected chi connectivity index (χ1v) is 7.40. The normalized spacial score (nSPS) is 12.2. The van der Waals surface area contributed by atoms with Crippen LogP contribution in [-0.2, 0) is 11.2 Å². The van der Waals surface area contributed by atoms with Gasteiger partial charge in [0, 0.05) is 18.5 Å². The molecule has 0 radical (unpaired) electrons. The van der Waals surface area contributed by atoms with Gasteiger partial charge >= 0.3 is 0 Å². The summed E-state index contributed by atoms with van der Waals surface area (Å²) in [6, 6.07) is 7.63. The Morgan fingerprint density at radius 1 is 1.27 bits per heavy atom. The van der Waals surface area contributed by atoms with Crippen molar-refractivity contribution in [3.05, 3.63) is 52.4 Å². The molecule has 1 atom stereocenters. The summed E-state index contributed by atoms with van der Waals surface area (Å²) in [5, 5.41) is 16.7. The zero-order valence-corrected chi connectivity index (χ0v) is 13.2. The third-order valence-electron chi connectivity index (χ3n) is 3.74. The fourth-order valence-corrected chi connectivity index (χ4v) is 2.30. The quantitative estimate of drug-likeness (QED) is 0.859. The highest BCUT2D eigenvalue weighted by atomic mass is 16.5. The van der Waals surface area contributed by atoms with Crippen molar-refractivity contribution in [2.75, 3.05) is 6.54 Å². The summed E-state index contributed by atoms with van der Waals surface area (Å²) in [7, 11) is 0. The molecule has 1 aromatic carbocycles. The number of aryl methyl sites for hydroxylation is 3. The van der Waals surface area contributed by atoms with E-state index in [9.17, 15) is 9.90 Å². The second-order valence-electron chi connectivity index (χ2n) is 5.53. The molecule has 0 bridgehead atoms. The standard InChI is InChI=1S/C17H22N2O3/c1-11-4-6-14(7-5-11)16(20)10-18-17(21)9-8-15-12(2)19-22-13(15)3/h4-7,16,20H,8-10H2,1-3H3,(H,18,21). The molecule has 1 amide bonds. The number of amides is 1. The van der Waals surface area contributed by atoms with Gasteiger partial charge in [-0.25, -0.2) is 0 Å². The number of aromatic nitrogens is 1. The van der Waals surface area contributed by atoms with E-state index in [1.165, 1.54) is 0 Å². The highest BCUT2D eigenvalue weighted by molar-refractivity contribution is 5.76. The average Bonchev–Trinajstić information content (AvgIpc) is 2.82. The Kier molecular flexibility index (Phi) is 5.33. The van der Waals surface area contributed by atoms with Crippen molar-refractivity contribution < 1.29 is 14.4 Å². The zero-order valence-electron chi connectivity index (χ0n) is 13.2. The lowest BCUT2D eigenvalue weighted by Crippen LogP contribution is -2.28. The first-order chi connectivity index (χ1) is 10.5. The summed E-state index contributed by atoms with van der Waals surface area (Å²) >= 11 is 0. The molecular formula is C17H22N2O3. The second kappa shape index (κ2) is 7.22. The lowest BCUT2D eigenvalue weighted by atomic mass is 10.1. The fourth-order valence-electron chi connectivity index (χ4n) is 2.30. The summed E-state index contributed by atoms with van der Waals surface area (Å²) in [6.07, 6.45) is 0.251. The molecule has 0 aliphatic carbocycles. The Balaban J connectivity index is 1.79. The van der Waals surface area contributed by atoms with Crippen LogP contribution in [0.1, 0.15) is 40.7 Å². The molecule has 1 heterocycles. The van der Waals surface area contributed by atoms with Gasteiger partial charge in [0.15, 0.2) is 0 Å². The van der Waals surface area contributed by atoms with Crippen LogP contribution >= 0.6 is 0 Å². The number of carbonyl (C=O) groups excluding carboxylic acids is 1. The molecule has 5 heteroatoms. The number of hydrogen-bond acceptors (Lipinski definition) is 4. The maximum Gasteiger partial charge on any atom is 0.220 e. The lowest BCUT2D eigenvalue weighted by molar-refractivity contribution is -0.121. The SMILES string of the molecule is Cc1ccc(C(O)CNC(=O)CCc2c(C)noc2C)cc1. The predicted molar refractivity (Wildman–Crippen MR) is 83.4 cm³/mol. The van der Waals surface area contributed by atoms with Crippen LogP contribution in [-0.4, -0.2) is 22.7 Å². The third kappa shape index (κ3) is 4.18. The van der Waals surface area contributed by atoms with E-state index in [1.54, 1.807) is 0 Å². The molecule has 1 unspecified atom stereocenters. The maximum atomic E-state index is 11.9. The van der Waals surface area contributed by atoms with Gasteiger partial charge in [0.1, 0.15) is 5.76 Å². The van der Waals surface area contributed by atoms with Crippen molar-refractivity contribution in [2.45, 2.75) is 39.7 Å². The van der Waals surface area contributed by atoms with Gasteiger partial charge in [0.25, 0.3) is 0 Å². The Hall–Kier alpha value is -2.14. The van der Waals surface area contributed by atoms with E-state index < -0.39 is 6.10 Å². The van der Waals surface area contributed by atoms with Gasteiger partial charge in [0.2, 0.25) is 5.91 Å². The summed E-state index contributed by atoms with van der Waals surface area (Å²) in [5.74, 6) is 0.663. The van der Waals surface area contributed by atoms with Crippen molar-refractivity contribution in [1.29, 1.82) is 0 Å². The van der Waals surface area contributed by atoms with Gasteiger partial charge in [-0.05, 0) is 32.8 Å². The summed E-state index contributed by atoms with van der Waals surface area (Å²) in [5.41, 5.74) is 3.75. The first-order valence-electron chi connectivity index (χ1n) is 7.40. The Bertz CT molecular complexity index is 612. The Morgan fingerprint density at radius 3 is 2.55 bits per heavy atom. The summed E-state index contributed by atoms with van der Waals surface area (Å²) in [6.45, 7) is 5.91. The molecule has 5 nitrogen and oxygen atoms in total. The number of benzene rings is 1. The van der Waals surface area contributed by atoms with Crippen LogP contribution in [0.2, 0.25) is 0 Å². The molecule has 0 aliphatic heterocycles. The van der Waals surface area contributed by atoms with Crippen LogP contribution in [0.5, 0.6) is 0 Å². The largest absolute Gasteiger partial charge is 0.387 e. The van der Waals surface area contributed by atoms with Crippen LogP contribution in [0, 0.1) is 20.8 Å². The minimum Gasteiger partial charge on any atom is -0.387 e. The van der Waals surface area contributed by atoms with Crippen molar-refractivity contribution in [2.24, 2.45) is 0 Å². The van der Waals surface area contributed by atoms with E-state index in [4.69, 9.17) is 4.52 Å². The molecule has 2 N–H and O–H groups in total. The van der Waals surface area contributed by atoms with Gasteiger partial charge < -0.3 is 14.9 Å². The molecule has 118 valence electrons. The average molecular weight is 302 g/mol. The monoisotopic (exact) mass is 302 g/mol. The third-order valence-corrected chi connectivity index (χ3v) is 3.74. The molecular weight excluding hydrogens is 280 g/mol. The predicted octanol–water partition coefficient (Wildman–Crippen LogP) is 2.38. The molecule has 0 aliphatic rings. The molecule has 2 aromatic rings. The van der Waals surface area contributed by atoms with Gasteiger partial charge in [0.05, 0.1) is 11.8 Å². The molecule has 1 aromatic heterocycles. The number of nitrogens with one attached hydrogen (secondary N) is 1. The van der Waals surface area contributed by atoms with E-state index in [-0.39, 0.29) is 12.5 Å². The van der Waals surface area contributed by atoms with Crippen LogP contribution < -0.4 is 5.32 Å². The molecule has 0 saturated carbocycles. The van der Waals surface area contributed by atoms with Crippen LogP contribution in [0.15, 0.2) is 28.8 Å². The van der Waals surface area contributed by atoms with E-state index >= 15 is 0 Å². The van der Waals surface area contributed by atoms with E-state index in [0.717, 1.165) is 28.1 Å². The van der Waals surface area contributed by atoms with Gasteiger partial charge in [-0.1, -0.05) is 35.0 Å². The topological polar surface area (TPSA) is 75.4 Å². The van der Waals surface area contributed by atoms with E-state index in [2.05, 4.69) is 10.5 Å². The zero-order chi connectivity index (χ0) is 16.1. The van der Waals surface area contributed by atoms with Crippen LogP contribution in [0.25, 0.3) is 0 Å². The van der Waals surface area contributed by atoms with Gasteiger partial charge in [-0.2, -0.15) is 0 Å². The summed E-state index contributed by atoms with van der Waals surface area (Å²) < 4.78 is 5.07. The van der Waals surface area contributed by atoms with Crippen LogP contribution in [0.4, 0.5) is 0 Å². The molecule has 22 heavy (non-hydrogen) atoms. The summed E-state index contributed by atoms with van der Waals surface area (Å²) in [4.78, 5) is 11.9. The molecule has 0 saturated heterocycles. The van der Waals surface area contributed by atoms with Gasteiger partial charge in [-0.3, -0.25) is 4.79 Å². The van der Waals surface area contributed by atoms with Gasteiger partial charge in [-0.15, -0.1) is 0 Å². The number of aliphatic hydroxyl groups is 1. The Labute approximate surface area is 130 Å². The molecule has 0 fully saturated rings. The number of aliphatic hydroxyl groups excluding tert-OH is 1. The minimum absolute atomic E-state index is 0.0915. The number of carbonyl (C=O) groups is 1. The number of nitrogens with zero attached hydrogens (tertiary/aromatic N) is 1. The number of rotatable bonds is 6. The highest BCUT2D eigenvalue weighted by Gasteiger charge is 2.13. The van der Waals surface area contributed by atoms with Crippen molar-refractivity contribution in [1.82, 2.24) is 10.5 Å².